The molecule has 0 saturated carbocycles. The summed E-state index contributed by atoms with van der Waals surface area (Å²) >= 11 is 0. The number of furan rings is 1. The fourth-order valence-electron chi connectivity index (χ4n) is 3.21. The van der Waals surface area contributed by atoms with Crippen LogP contribution in [0.15, 0.2) is 28.8 Å². The molecule has 4 rings (SSSR count). The van der Waals surface area contributed by atoms with E-state index in [1.54, 1.807) is 12.3 Å². The smallest absolute Gasteiger partial charge is 0.287 e. The second-order valence-electron chi connectivity index (χ2n) is 6.51. The van der Waals surface area contributed by atoms with E-state index < -0.39 is 5.54 Å². The molecule has 0 radical (unpaired) electrons. The van der Waals surface area contributed by atoms with E-state index in [9.17, 15) is 4.79 Å². The largest absolute Gasteiger partial charge is 0.449 e. The summed E-state index contributed by atoms with van der Waals surface area (Å²) in [6.07, 6.45) is 3.08. The van der Waals surface area contributed by atoms with Gasteiger partial charge < -0.3 is 19.5 Å². The summed E-state index contributed by atoms with van der Waals surface area (Å²) in [6.45, 7) is 4.99. The Morgan fingerprint density at radius 3 is 2.80 bits per heavy atom. The number of imidazole rings is 1. The Bertz CT molecular complexity index is 921. The van der Waals surface area contributed by atoms with E-state index in [4.69, 9.17) is 9.15 Å². The van der Waals surface area contributed by atoms with E-state index in [1.807, 2.05) is 26.0 Å². The minimum atomic E-state index is -0.577. The summed E-state index contributed by atoms with van der Waals surface area (Å²) in [4.78, 5) is 24.9. The number of aromatic amines is 1. The third-order valence-corrected chi connectivity index (χ3v) is 4.59. The summed E-state index contributed by atoms with van der Waals surface area (Å²) < 4.78 is 11.2. The first kappa shape index (κ1) is 15.8. The van der Waals surface area contributed by atoms with Gasteiger partial charge in [0.1, 0.15) is 16.9 Å². The summed E-state index contributed by atoms with van der Waals surface area (Å²) in [6, 6.07) is 5.37. The zero-order valence-electron chi connectivity index (χ0n) is 14.3. The number of amides is 1. The molecule has 4 heterocycles. The zero-order valence-corrected chi connectivity index (χ0v) is 14.3. The Hall–Kier alpha value is -2.67. The summed E-state index contributed by atoms with van der Waals surface area (Å²) in [5.41, 5.74) is 2.54. The molecule has 3 aromatic rings. The van der Waals surface area contributed by atoms with Gasteiger partial charge in [-0.2, -0.15) is 0 Å². The highest BCUT2D eigenvalue weighted by Crippen LogP contribution is 2.31. The summed E-state index contributed by atoms with van der Waals surface area (Å²) in [5, 5.41) is 3.12. The number of hydrogen-bond acceptors (Lipinski definition) is 5. The van der Waals surface area contributed by atoms with Crippen LogP contribution < -0.4 is 5.32 Å². The predicted molar refractivity (Wildman–Crippen MR) is 91.3 cm³/mol. The number of pyridine rings is 1. The lowest BCUT2D eigenvalue weighted by Gasteiger charge is -2.36. The lowest BCUT2D eigenvalue weighted by atomic mass is 9.89. The van der Waals surface area contributed by atoms with Crippen LogP contribution in [0.25, 0.3) is 11.1 Å². The minimum Gasteiger partial charge on any atom is -0.449 e. The van der Waals surface area contributed by atoms with Gasteiger partial charge in [-0.3, -0.25) is 4.79 Å². The van der Waals surface area contributed by atoms with Crippen molar-refractivity contribution in [2.24, 2.45) is 0 Å². The molecule has 1 aliphatic heterocycles. The SMILES string of the molecule is Cc1ccc2oc(C(=O)NC3(c4ncc(C)[nH]4)CCOCC3)cc2n1. The maximum Gasteiger partial charge on any atom is 0.287 e. The molecule has 1 fully saturated rings. The molecule has 0 bridgehead atoms. The van der Waals surface area contributed by atoms with Crippen LogP contribution >= 0.6 is 0 Å². The Balaban J connectivity index is 1.65. The number of carbonyl (C=O) groups is 1. The molecule has 0 atom stereocenters. The molecule has 0 unspecified atom stereocenters. The number of aromatic nitrogens is 3. The maximum atomic E-state index is 12.8. The number of carbonyl (C=O) groups excluding carboxylic acids is 1. The van der Waals surface area contributed by atoms with Gasteiger partial charge in [0.05, 0.1) is 0 Å². The fourth-order valence-corrected chi connectivity index (χ4v) is 3.21. The molecule has 0 aliphatic carbocycles. The molecular weight excluding hydrogens is 320 g/mol. The average Bonchev–Trinajstić information content (AvgIpc) is 3.22. The van der Waals surface area contributed by atoms with E-state index >= 15 is 0 Å². The maximum absolute atomic E-state index is 12.8. The number of fused-ring (bicyclic) bond motifs is 1. The highest BCUT2D eigenvalue weighted by Gasteiger charge is 2.39. The van der Waals surface area contributed by atoms with Gasteiger partial charge >= 0.3 is 0 Å². The number of nitrogens with zero attached hydrogens (tertiary/aromatic N) is 2. The van der Waals surface area contributed by atoms with E-state index in [2.05, 4.69) is 20.3 Å². The third kappa shape index (κ3) is 2.91. The number of nitrogens with one attached hydrogen (secondary N) is 2. The fraction of sp³-hybridized carbons (Fsp3) is 0.389. The monoisotopic (exact) mass is 340 g/mol. The van der Waals surface area contributed by atoms with Gasteiger partial charge in [-0.25, -0.2) is 9.97 Å². The average molecular weight is 340 g/mol. The highest BCUT2D eigenvalue weighted by molar-refractivity contribution is 5.95. The van der Waals surface area contributed by atoms with Crippen LogP contribution in [-0.4, -0.2) is 34.1 Å². The highest BCUT2D eigenvalue weighted by atomic mass is 16.5. The second-order valence-corrected chi connectivity index (χ2v) is 6.51. The molecular formula is C18H20N4O3. The first-order valence-corrected chi connectivity index (χ1v) is 8.35. The molecule has 2 N–H and O–H groups in total. The topological polar surface area (TPSA) is 93.0 Å². The normalized spacial score (nSPS) is 16.9. The Labute approximate surface area is 144 Å². The van der Waals surface area contributed by atoms with Crippen molar-refractivity contribution < 1.29 is 13.9 Å². The summed E-state index contributed by atoms with van der Waals surface area (Å²) in [5.74, 6) is 0.737. The van der Waals surface area contributed by atoms with Crippen molar-refractivity contribution in [1.82, 2.24) is 20.3 Å². The Kier molecular flexibility index (Phi) is 3.80. The Morgan fingerprint density at radius 1 is 1.28 bits per heavy atom. The molecule has 1 amide bonds. The molecule has 0 spiro atoms. The molecule has 7 heteroatoms. The van der Waals surface area contributed by atoms with Gasteiger partial charge in [0.15, 0.2) is 11.3 Å². The summed E-state index contributed by atoms with van der Waals surface area (Å²) in [7, 11) is 0. The van der Waals surface area contributed by atoms with Crippen molar-refractivity contribution in [3.05, 3.63) is 47.4 Å². The number of rotatable bonds is 3. The van der Waals surface area contributed by atoms with Crippen LogP contribution in [-0.2, 0) is 10.3 Å². The van der Waals surface area contributed by atoms with Crippen molar-refractivity contribution in [2.45, 2.75) is 32.2 Å². The van der Waals surface area contributed by atoms with Crippen molar-refractivity contribution in [3.8, 4) is 0 Å². The standard InChI is InChI=1S/C18H20N4O3/c1-11-3-4-14-13(20-11)9-15(25-14)16(23)22-18(5-7-24-8-6-18)17-19-10-12(2)21-17/h3-4,9-10H,5-8H2,1-2H3,(H,19,21)(H,22,23). The van der Waals surface area contributed by atoms with Crippen LogP contribution in [0, 0.1) is 13.8 Å². The number of ether oxygens (including phenoxy) is 1. The van der Waals surface area contributed by atoms with Crippen molar-refractivity contribution >= 4 is 17.0 Å². The molecule has 130 valence electrons. The van der Waals surface area contributed by atoms with Crippen LogP contribution in [0.3, 0.4) is 0 Å². The van der Waals surface area contributed by atoms with Crippen LogP contribution in [0.4, 0.5) is 0 Å². The number of aryl methyl sites for hydroxylation is 2. The molecule has 1 aliphatic rings. The van der Waals surface area contributed by atoms with Crippen LogP contribution in [0.2, 0.25) is 0 Å². The van der Waals surface area contributed by atoms with Crippen molar-refractivity contribution in [2.75, 3.05) is 13.2 Å². The second kappa shape index (κ2) is 6.00. The molecule has 1 saturated heterocycles. The first-order valence-electron chi connectivity index (χ1n) is 8.35. The van der Waals surface area contributed by atoms with E-state index in [-0.39, 0.29) is 11.7 Å². The third-order valence-electron chi connectivity index (χ3n) is 4.59. The van der Waals surface area contributed by atoms with E-state index in [1.165, 1.54) is 0 Å². The quantitative estimate of drug-likeness (QED) is 0.764. The zero-order chi connectivity index (χ0) is 17.4. The number of hydrogen-bond donors (Lipinski definition) is 2. The molecule has 7 nitrogen and oxygen atoms in total. The van der Waals surface area contributed by atoms with Gasteiger partial charge in [0.25, 0.3) is 5.91 Å². The number of H-pyrrole nitrogens is 1. The van der Waals surface area contributed by atoms with Gasteiger partial charge in [-0.15, -0.1) is 0 Å². The first-order chi connectivity index (χ1) is 12.1. The minimum absolute atomic E-state index is 0.252. The van der Waals surface area contributed by atoms with E-state index in [0.29, 0.717) is 37.2 Å². The molecule has 0 aromatic carbocycles. The van der Waals surface area contributed by atoms with Gasteiger partial charge in [0, 0.05) is 49.7 Å². The van der Waals surface area contributed by atoms with Crippen molar-refractivity contribution in [3.63, 3.8) is 0 Å². The van der Waals surface area contributed by atoms with Crippen LogP contribution in [0.1, 0.15) is 40.6 Å². The van der Waals surface area contributed by atoms with Gasteiger partial charge in [0.2, 0.25) is 0 Å². The predicted octanol–water partition coefficient (Wildman–Crippen LogP) is 2.60. The Morgan fingerprint density at radius 2 is 2.08 bits per heavy atom. The van der Waals surface area contributed by atoms with Crippen molar-refractivity contribution in [1.29, 1.82) is 0 Å². The molecule has 3 aromatic heterocycles. The lowest BCUT2D eigenvalue weighted by Crippen LogP contribution is -2.50. The van der Waals surface area contributed by atoms with Crippen LogP contribution in [0.5, 0.6) is 0 Å². The lowest BCUT2D eigenvalue weighted by molar-refractivity contribution is 0.0309. The van der Waals surface area contributed by atoms with Gasteiger partial charge in [-0.1, -0.05) is 0 Å². The van der Waals surface area contributed by atoms with Gasteiger partial charge in [-0.05, 0) is 26.0 Å². The van der Waals surface area contributed by atoms with E-state index in [0.717, 1.165) is 17.2 Å². The molecule has 25 heavy (non-hydrogen) atoms.